The lowest BCUT2D eigenvalue weighted by Crippen LogP contribution is -2.44. The Morgan fingerprint density at radius 3 is 2.74 bits per heavy atom. The highest BCUT2D eigenvalue weighted by molar-refractivity contribution is 9.12. The van der Waals surface area contributed by atoms with Crippen LogP contribution in [0.5, 0.6) is 0 Å². The van der Waals surface area contributed by atoms with Crippen LogP contribution in [0.25, 0.3) is 0 Å². The summed E-state index contributed by atoms with van der Waals surface area (Å²) in [7, 11) is 0. The zero-order valence-electron chi connectivity index (χ0n) is 14.9. The number of nitrogens with zero attached hydrogens (tertiary/aromatic N) is 2. The molecule has 3 atom stereocenters. The maximum absolute atomic E-state index is 12.8. The van der Waals surface area contributed by atoms with Crippen molar-refractivity contribution in [2.45, 2.75) is 41.9 Å². The predicted molar refractivity (Wildman–Crippen MR) is 112 cm³/mol. The first-order valence-corrected chi connectivity index (χ1v) is 10.7. The van der Waals surface area contributed by atoms with E-state index in [1.165, 1.54) is 6.20 Å². The van der Waals surface area contributed by atoms with Gasteiger partial charge in [0.05, 0.1) is 15.8 Å². The fourth-order valence-electron chi connectivity index (χ4n) is 3.48. The number of rotatable bonds is 4. The van der Waals surface area contributed by atoms with E-state index in [9.17, 15) is 9.59 Å². The van der Waals surface area contributed by atoms with Gasteiger partial charge in [-0.15, -0.1) is 0 Å². The summed E-state index contributed by atoms with van der Waals surface area (Å²) in [5.74, 6) is 0.00907. The summed E-state index contributed by atoms with van der Waals surface area (Å²) in [5.41, 5.74) is 0.711. The van der Waals surface area contributed by atoms with Gasteiger partial charge < -0.3 is 4.74 Å². The number of hydrogen-bond acceptors (Lipinski definition) is 4. The van der Waals surface area contributed by atoms with Gasteiger partial charge in [0.2, 0.25) is 0 Å². The fourth-order valence-corrected chi connectivity index (χ4v) is 5.24. The van der Waals surface area contributed by atoms with Crippen LogP contribution >= 0.6 is 43.5 Å². The summed E-state index contributed by atoms with van der Waals surface area (Å²) in [6.45, 7) is 3.88. The topological polar surface area (TPSA) is 61.2 Å². The first-order chi connectivity index (χ1) is 12.8. The van der Waals surface area contributed by atoms with Crippen molar-refractivity contribution in [3.8, 4) is 0 Å². The van der Waals surface area contributed by atoms with E-state index in [2.05, 4.69) is 36.8 Å². The molecule has 0 saturated carbocycles. The van der Waals surface area contributed by atoms with Gasteiger partial charge in [-0.25, -0.2) is 9.78 Å². The van der Waals surface area contributed by atoms with Gasteiger partial charge in [-0.1, -0.05) is 55.6 Å². The highest BCUT2D eigenvalue weighted by atomic mass is 79.9. The number of esters is 1. The smallest absolute Gasteiger partial charge is 0.345 e. The summed E-state index contributed by atoms with van der Waals surface area (Å²) < 4.78 is 6.24. The molecule has 2 aromatic rings. The summed E-state index contributed by atoms with van der Waals surface area (Å²) >= 11 is 13.7. The first-order valence-electron chi connectivity index (χ1n) is 8.63. The van der Waals surface area contributed by atoms with Gasteiger partial charge in [0, 0.05) is 23.7 Å². The molecule has 5 nitrogen and oxygen atoms in total. The minimum Gasteiger partial charge on any atom is -0.462 e. The van der Waals surface area contributed by atoms with Gasteiger partial charge in [0.25, 0.3) is 5.56 Å². The van der Waals surface area contributed by atoms with Crippen LogP contribution in [-0.4, -0.2) is 26.5 Å². The van der Waals surface area contributed by atoms with Crippen molar-refractivity contribution in [3.05, 3.63) is 62.8 Å². The predicted octanol–water partition coefficient (Wildman–Crippen LogP) is 4.85. The molecule has 1 aromatic carbocycles. The van der Waals surface area contributed by atoms with Gasteiger partial charge in [-0.2, -0.15) is 0 Å². The third kappa shape index (κ3) is 4.00. The van der Waals surface area contributed by atoms with Crippen LogP contribution in [0, 0.1) is 0 Å². The molecule has 27 heavy (non-hydrogen) atoms. The molecule has 1 aliphatic rings. The molecule has 0 N–H and O–H groups in total. The normalized spacial score (nSPS) is 22.8. The molecular formula is C19H19Br2ClN2O3. The van der Waals surface area contributed by atoms with Gasteiger partial charge in [-0.05, 0) is 38.0 Å². The number of alkyl halides is 2. The maximum atomic E-state index is 12.8. The first kappa shape index (κ1) is 20.6. The Hall–Kier alpha value is -1.18. The van der Waals surface area contributed by atoms with Crippen LogP contribution in [-0.2, 0) is 11.2 Å². The van der Waals surface area contributed by atoms with E-state index in [1.54, 1.807) is 11.5 Å². The van der Waals surface area contributed by atoms with E-state index in [0.717, 1.165) is 5.56 Å². The molecule has 144 valence electrons. The zero-order valence-corrected chi connectivity index (χ0v) is 18.8. The van der Waals surface area contributed by atoms with Crippen molar-refractivity contribution < 1.29 is 9.53 Å². The zero-order chi connectivity index (χ0) is 19.8. The van der Waals surface area contributed by atoms with E-state index in [-0.39, 0.29) is 32.9 Å². The maximum Gasteiger partial charge on any atom is 0.345 e. The molecule has 1 unspecified atom stereocenters. The van der Waals surface area contributed by atoms with Gasteiger partial charge in [0.1, 0.15) is 11.4 Å². The summed E-state index contributed by atoms with van der Waals surface area (Å²) in [4.78, 5) is 29.2. The number of aromatic nitrogens is 2. The molecule has 0 amide bonds. The van der Waals surface area contributed by atoms with Gasteiger partial charge >= 0.3 is 5.97 Å². The van der Waals surface area contributed by atoms with Crippen LogP contribution in [0.3, 0.4) is 0 Å². The Kier molecular flexibility index (Phi) is 6.13. The number of halogens is 3. The molecule has 8 heteroatoms. The Balaban J connectivity index is 1.96. The number of hydrogen-bond donors (Lipinski definition) is 0. The molecule has 2 heterocycles. The highest BCUT2D eigenvalue weighted by Gasteiger charge is 2.43. The molecule has 0 aliphatic carbocycles. The molecule has 3 rings (SSSR count). The number of benzene rings is 1. The molecule has 0 bridgehead atoms. The van der Waals surface area contributed by atoms with Crippen molar-refractivity contribution in [1.82, 2.24) is 9.55 Å². The molecule has 0 spiro atoms. The molecular weight excluding hydrogens is 499 g/mol. The third-order valence-corrected chi connectivity index (χ3v) is 8.04. The molecule has 0 saturated heterocycles. The summed E-state index contributed by atoms with van der Waals surface area (Å²) in [6, 6.07) is 7.55. The minimum atomic E-state index is -0.632. The van der Waals surface area contributed by atoms with Crippen molar-refractivity contribution in [1.29, 1.82) is 0 Å². The van der Waals surface area contributed by atoms with E-state index < -0.39 is 5.97 Å². The van der Waals surface area contributed by atoms with Gasteiger partial charge in [-0.3, -0.25) is 9.36 Å². The SMILES string of the molecule is CCOC(=O)c1cnc2n(c1=O)C(C)C[C@](Br)([C@@H](Br)c1ccc(Cl)cc1)C2. The second-order valence-electron chi connectivity index (χ2n) is 6.66. The highest BCUT2D eigenvalue weighted by Crippen LogP contribution is 2.49. The Labute approximate surface area is 179 Å². The molecule has 0 fully saturated rings. The standard InChI is InChI=1S/C19H19Br2ClN2O3/c1-3-27-18(26)14-10-23-15-9-19(21,8-11(2)24(15)17(14)25)16(20)12-4-6-13(22)7-5-12/h4-7,10-11,16H,3,8-9H2,1-2H3/t11?,16-,19+/m0/s1. The molecule has 1 aromatic heterocycles. The number of carbonyl (C=O) groups is 1. The lowest BCUT2D eigenvalue weighted by molar-refractivity contribution is 0.0522. The fraction of sp³-hybridized carbons (Fsp3) is 0.421. The second-order valence-corrected chi connectivity index (χ2v) is 9.59. The van der Waals surface area contributed by atoms with E-state index in [4.69, 9.17) is 16.3 Å². The Morgan fingerprint density at radius 1 is 1.44 bits per heavy atom. The van der Waals surface area contributed by atoms with Crippen molar-refractivity contribution >= 4 is 49.4 Å². The lowest BCUT2D eigenvalue weighted by Gasteiger charge is -2.40. The quantitative estimate of drug-likeness (QED) is 0.429. The monoisotopic (exact) mass is 516 g/mol. The average Bonchev–Trinajstić information content (AvgIpc) is 2.61. The minimum absolute atomic E-state index is 0.0000944. The summed E-state index contributed by atoms with van der Waals surface area (Å²) in [6.07, 6.45) is 2.55. The molecule has 0 radical (unpaired) electrons. The van der Waals surface area contributed by atoms with Crippen molar-refractivity contribution in [2.75, 3.05) is 6.61 Å². The Morgan fingerprint density at radius 2 is 2.11 bits per heavy atom. The van der Waals surface area contributed by atoms with Crippen molar-refractivity contribution in [3.63, 3.8) is 0 Å². The number of fused-ring (bicyclic) bond motifs is 1. The Bertz CT molecular complexity index is 916. The number of ether oxygens (including phenoxy) is 1. The largest absolute Gasteiger partial charge is 0.462 e. The van der Waals surface area contributed by atoms with Crippen LogP contribution in [0.1, 0.15) is 52.9 Å². The van der Waals surface area contributed by atoms with E-state index in [1.807, 2.05) is 31.2 Å². The average molecular weight is 519 g/mol. The van der Waals surface area contributed by atoms with Crippen LogP contribution in [0.2, 0.25) is 5.02 Å². The lowest BCUT2D eigenvalue weighted by atomic mass is 9.86. The third-order valence-electron chi connectivity index (χ3n) is 4.71. The van der Waals surface area contributed by atoms with E-state index in [0.29, 0.717) is 23.7 Å². The molecule has 1 aliphatic heterocycles. The van der Waals surface area contributed by atoms with E-state index >= 15 is 0 Å². The van der Waals surface area contributed by atoms with Crippen LogP contribution in [0.4, 0.5) is 0 Å². The second kappa shape index (κ2) is 8.05. The van der Waals surface area contributed by atoms with Crippen LogP contribution < -0.4 is 5.56 Å². The number of carbonyl (C=O) groups excluding carboxylic acids is 1. The van der Waals surface area contributed by atoms with Crippen LogP contribution in [0.15, 0.2) is 35.3 Å². The van der Waals surface area contributed by atoms with Crippen molar-refractivity contribution in [2.24, 2.45) is 0 Å². The van der Waals surface area contributed by atoms with Gasteiger partial charge in [0.15, 0.2) is 0 Å². The summed E-state index contributed by atoms with van der Waals surface area (Å²) in [5, 5.41) is 0.684.